The Morgan fingerprint density at radius 2 is 1.94 bits per heavy atom. The fourth-order valence-electron chi connectivity index (χ4n) is 3.21. The molecule has 0 atom stereocenters. The van der Waals surface area contributed by atoms with Gasteiger partial charge in [0.15, 0.2) is 5.16 Å². The average molecular weight is 470 g/mol. The second-order valence-corrected chi connectivity index (χ2v) is 8.81. The van der Waals surface area contributed by atoms with Crippen molar-refractivity contribution in [1.82, 2.24) is 9.55 Å². The fraction of sp³-hybridized carbons (Fsp3) is 0.174. The van der Waals surface area contributed by atoms with Crippen LogP contribution in [0.4, 0.5) is 10.1 Å². The Morgan fingerprint density at radius 1 is 1.19 bits per heavy atom. The molecule has 1 amide bonds. The highest BCUT2D eigenvalue weighted by Crippen LogP contribution is 2.25. The minimum Gasteiger partial charge on any atom is -0.496 e. The molecule has 0 spiro atoms. The van der Waals surface area contributed by atoms with E-state index in [2.05, 4.69) is 4.98 Å². The number of carbonyl (C=O) groups is 1. The summed E-state index contributed by atoms with van der Waals surface area (Å²) in [4.78, 5) is 32.0. The Bertz CT molecular complexity index is 1320. The normalized spacial score (nSPS) is 11.0. The van der Waals surface area contributed by atoms with Crippen LogP contribution in [-0.4, -0.2) is 35.4 Å². The van der Waals surface area contributed by atoms with Crippen LogP contribution in [0.5, 0.6) is 5.75 Å². The van der Waals surface area contributed by atoms with Crippen molar-refractivity contribution in [2.45, 2.75) is 11.7 Å². The number of para-hydroxylation sites is 1. The minimum atomic E-state index is -0.363. The van der Waals surface area contributed by atoms with E-state index >= 15 is 0 Å². The Morgan fingerprint density at radius 3 is 2.69 bits per heavy atom. The standard InChI is InChI=1S/C23H20FN3O3S2/c1-26(17-9-7-16(24)8-10-17)20(28)14-32-23-25-18-11-12-31-21(18)22(29)27(23)13-15-5-3-4-6-19(15)30-2/h3-12H,13-14H2,1-2H3. The summed E-state index contributed by atoms with van der Waals surface area (Å²) >= 11 is 2.54. The second-order valence-electron chi connectivity index (χ2n) is 6.95. The van der Waals surface area contributed by atoms with E-state index in [9.17, 15) is 14.0 Å². The number of methoxy groups -OCH3 is 1. The van der Waals surface area contributed by atoms with Crippen LogP contribution in [0.25, 0.3) is 10.2 Å². The molecule has 0 aliphatic carbocycles. The first kappa shape index (κ1) is 22.0. The van der Waals surface area contributed by atoms with Crippen molar-refractivity contribution in [3.63, 3.8) is 0 Å². The SMILES string of the molecule is COc1ccccc1Cn1c(SCC(=O)N(C)c2ccc(F)cc2)nc2ccsc2c1=O. The smallest absolute Gasteiger partial charge is 0.272 e. The zero-order chi connectivity index (χ0) is 22.7. The predicted octanol–water partition coefficient (Wildman–Crippen LogP) is 4.41. The summed E-state index contributed by atoms with van der Waals surface area (Å²) in [6.45, 7) is 0.272. The van der Waals surface area contributed by atoms with E-state index in [0.29, 0.717) is 26.8 Å². The van der Waals surface area contributed by atoms with Crippen LogP contribution in [0, 0.1) is 5.82 Å². The number of ether oxygens (including phenoxy) is 1. The van der Waals surface area contributed by atoms with Crippen LogP contribution < -0.4 is 15.2 Å². The molecule has 2 heterocycles. The number of hydrogen-bond donors (Lipinski definition) is 0. The van der Waals surface area contributed by atoms with Crippen molar-refractivity contribution in [2.75, 3.05) is 24.8 Å². The van der Waals surface area contributed by atoms with E-state index in [1.807, 2.05) is 29.6 Å². The van der Waals surface area contributed by atoms with Crippen molar-refractivity contribution in [1.29, 1.82) is 0 Å². The van der Waals surface area contributed by atoms with E-state index in [4.69, 9.17) is 4.74 Å². The summed E-state index contributed by atoms with van der Waals surface area (Å²) < 4.78 is 20.8. The molecule has 9 heteroatoms. The van der Waals surface area contributed by atoms with Gasteiger partial charge in [-0.15, -0.1) is 11.3 Å². The van der Waals surface area contributed by atoms with E-state index in [0.717, 1.165) is 5.56 Å². The van der Waals surface area contributed by atoms with Gasteiger partial charge in [0, 0.05) is 18.3 Å². The lowest BCUT2D eigenvalue weighted by Crippen LogP contribution is -2.29. The highest BCUT2D eigenvalue weighted by molar-refractivity contribution is 7.99. The van der Waals surface area contributed by atoms with Gasteiger partial charge in [-0.05, 0) is 41.8 Å². The molecule has 0 aliphatic rings. The van der Waals surface area contributed by atoms with Crippen molar-refractivity contribution in [3.05, 3.63) is 81.7 Å². The minimum absolute atomic E-state index is 0.0713. The van der Waals surface area contributed by atoms with Gasteiger partial charge in [0.25, 0.3) is 5.56 Å². The predicted molar refractivity (Wildman–Crippen MR) is 127 cm³/mol. The van der Waals surface area contributed by atoms with E-state index in [1.54, 1.807) is 36.9 Å². The molecule has 0 saturated heterocycles. The highest BCUT2D eigenvalue weighted by atomic mass is 32.2. The number of halogens is 1. The quantitative estimate of drug-likeness (QED) is 0.296. The number of thioether (sulfide) groups is 1. The Balaban J connectivity index is 1.62. The second kappa shape index (κ2) is 9.54. The van der Waals surface area contributed by atoms with Gasteiger partial charge in [0.1, 0.15) is 16.3 Å². The number of nitrogens with zero attached hydrogens (tertiary/aromatic N) is 3. The first-order valence-corrected chi connectivity index (χ1v) is 11.6. The van der Waals surface area contributed by atoms with Crippen molar-refractivity contribution in [3.8, 4) is 5.75 Å². The van der Waals surface area contributed by atoms with Gasteiger partial charge in [-0.1, -0.05) is 30.0 Å². The first-order valence-electron chi connectivity index (χ1n) is 9.73. The number of fused-ring (bicyclic) bond motifs is 1. The first-order chi connectivity index (χ1) is 15.5. The topological polar surface area (TPSA) is 64.4 Å². The monoisotopic (exact) mass is 469 g/mol. The molecule has 4 rings (SSSR count). The lowest BCUT2D eigenvalue weighted by atomic mass is 10.2. The fourth-order valence-corrected chi connectivity index (χ4v) is 4.90. The van der Waals surface area contributed by atoms with Crippen LogP contribution in [0.3, 0.4) is 0 Å². The van der Waals surface area contributed by atoms with Crippen LogP contribution in [0.15, 0.2) is 69.9 Å². The van der Waals surface area contributed by atoms with Crippen molar-refractivity contribution < 1.29 is 13.9 Å². The van der Waals surface area contributed by atoms with Gasteiger partial charge >= 0.3 is 0 Å². The van der Waals surface area contributed by atoms with Gasteiger partial charge in [-0.25, -0.2) is 9.37 Å². The summed E-state index contributed by atoms with van der Waals surface area (Å²) in [6.07, 6.45) is 0. The lowest BCUT2D eigenvalue weighted by molar-refractivity contribution is -0.115. The van der Waals surface area contributed by atoms with Crippen LogP contribution in [0.1, 0.15) is 5.56 Å². The number of thiophene rings is 1. The molecule has 6 nitrogen and oxygen atoms in total. The molecule has 2 aromatic carbocycles. The van der Waals surface area contributed by atoms with E-state index < -0.39 is 0 Å². The van der Waals surface area contributed by atoms with E-state index in [-0.39, 0.29) is 29.6 Å². The molecule has 0 radical (unpaired) electrons. The third kappa shape index (κ3) is 4.53. The zero-order valence-electron chi connectivity index (χ0n) is 17.4. The Kier molecular flexibility index (Phi) is 6.57. The van der Waals surface area contributed by atoms with Gasteiger partial charge in [0.2, 0.25) is 5.91 Å². The highest BCUT2D eigenvalue weighted by Gasteiger charge is 2.18. The summed E-state index contributed by atoms with van der Waals surface area (Å²) in [5.41, 5.74) is 1.88. The van der Waals surface area contributed by atoms with Gasteiger partial charge in [0.05, 0.1) is 24.9 Å². The largest absolute Gasteiger partial charge is 0.496 e. The molecule has 4 aromatic rings. The number of hydrogen-bond acceptors (Lipinski definition) is 6. The number of aromatic nitrogens is 2. The summed E-state index contributed by atoms with van der Waals surface area (Å²) in [5, 5.41) is 2.28. The Labute approximate surface area is 192 Å². The molecule has 0 aliphatic heterocycles. The number of amides is 1. The number of anilines is 1. The third-order valence-corrected chi connectivity index (χ3v) is 6.82. The maximum atomic E-state index is 13.2. The molecule has 0 saturated carbocycles. The molecule has 2 aromatic heterocycles. The van der Waals surface area contributed by atoms with E-state index in [1.165, 1.54) is 40.1 Å². The van der Waals surface area contributed by atoms with Crippen molar-refractivity contribution >= 4 is 44.9 Å². The van der Waals surface area contributed by atoms with Crippen molar-refractivity contribution in [2.24, 2.45) is 0 Å². The molecular weight excluding hydrogens is 449 g/mol. The van der Waals surface area contributed by atoms with Gasteiger partial charge < -0.3 is 9.64 Å². The zero-order valence-corrected chi connectivity index (χ0v) is 19.1. The Hall–Kier alpha value is -3.17. The summed E-state index contributed by atoms with van der Waals surface area (Å²) in [5.74, 6) is 0.193. The molecular formula is C23H20FN3O3S2. The summed E-state index contributed by atoms with van der Waals surface area (Å²) in [6, 6.07) is 15.0. The third-order valence-electron chi connectivity index (χ3n) is 4.96. The summed E-state index contributed by atoms with van der Waals surface area (Å²) in [7, 11) is 3.22. The lowest BCUT2D eigenvalue weighted by Gasteiger charge is -2.18. The molecule has 32 heavy (non-hydrogen) atoms. The molecule has 0 fully saturated rings. The molecule has 0 N–H and O–H groups in total. The number of benzene rings is 2. The average Bonchev–Trinajstić information content (AvgIpc) is 3.28. The maximum Gasteiger partial charge on any atom is 0.272 e. The van der Waals surface area contributed by atoms with Crippen LogP contribution in [-0.2, 0) is 11.3 Å². The maximum absolute atomic E-state index is 13.2. The van der Waals surface area contributed by atoms with Gasteiger partial charge in [-0.2, -0.15) is 0 Å². The molecule has 0 bridgehead atoms. The van der Waals surface area contributed by atoms with Gasteiger partial charge in [-0.3, -0.25) is 14.2 Å². The molecule has 164 valence electrons. The number of rotatable bonds is 7. The van der Waals surface area contributed by atoms with Crippen LogP contribution >= 0.6 is 23.1 Å². The number of carbonyl (C=O) groups excluding carboxylic acids is 1. The van der Waals surface area contributed by atoms with Crippen LogP contribution in [0.2, 0.25) is 0 Å². The molecule has 0 unspecified atom stereocenters.